The van der Waals surface area contributed by atoms with Gasteiger partial charge in [0.25, 0.3) is 0 Å². The Hall–Kier alpha value is -3.08. The van der Waals surface area contributed by atoms with E-state index >= 15 is 0 Å². The molecule has 0 radical (unpaired) electrons. The number of amides is 1. The van der Waals surface area contributed by atoms with Gasteiger partial charge in [-0.1, -0.05) is 18.7 Å². The Balaban J connectivity index is 2.05. The Labute approximate surface area is 126 Å². The number of carbonyl (C=O) groups is 1. The van der Waals surface area contributed by atoms with Gasteiger partial charge in [0.2, 0.25) is 5.91 Å². The van der Waals surface area contributed by atoms with Crippen molar-refractivity contribution in [1.29, 1.82) is 0 Å². The fraction of sp³-hybridized carbons (Fsp3) is 0. The van der Waals surface area contributed by atoms with Crippen molar-refractivity contribution in [2.24, 2.45) is 0 Å². The van der Waals surface area contributed by atoms with Crippen LogP contribution in [0.4, 0.5) is 10.1 Å². The maximum Gasteiger partial charge on any atom is 0.247 e. The first-order valence-corrected chi connectivity index (χ1v) is 6.60. The molecule has 1 amide bonds. The van der Waals surface area contributed by atoms with Gasteiger partial charge in [0.1, 0.15) is 12.1 Å². The molecule has 3 rings (SSSR count). The molecule has 0 spiro atoms. The lowest BCUT2D eigenvalue weighted by Crippen LogP contribution is -2.06. The number of fused-ring (bicyclic) bond motifs is 1. The van der Waals surface area contributed by atoms with E-state index in [1.54, 1.807) is 24.3 Å². The first-order valence-electron chi connectivity index (χ1n) is 6.60. The van der Waals surface area contributed by atoms with E-state index < -0.39 is 0 Å². The zero-order valence-corrected chi connectivity index (χ0v) is 11.6. The molecule has 2 aromatic carbocycles. The van der Waals surface area contributed by atoms with Crippen LogP contribution in [0, 0.1) is 5.82 Å². The molecule has 0 atom stereocenters. The van der Waals surface area contributed by atoms with Crippen LogP contribution < -0.4 is 5.32 Å². The lowest BCUT2D eigenvalue weighted by molar-refractivity contribution is -0.111. The number of benzene rings is 2. The van der Waals surface area contributed by atoms with Crippen LogP contribution in [0.1, 0.15) is 0 Å². The fourth-order valence-electron chi connectivity index (χ4n) is 2.18. The van der Waals surface area contributed by atoms with Crippen molar-refractivity contribution in [2.75, 3.05) is 5.32 Å². The minimum atomic E-state index is -0.381. The van der Waals surface area contributed by atoms with Crippen molar-refractivity contribution in [3.63, 3.8) is 0 Å². The Kier molecular flexibility index (Phi) is 3.62. The van der Waals surface area contributed by atoms with Crippen molar-refractivity contribution >= 4 is 22.5 Å². The predicted molar refractivity (Wildman–Crippen MR) is 83.8 cm³/mol. The van der Waals surface area contributed by atoms with E-state index in [9.17, 15) is 9.18 Å². The number of halogens is 1. The second kappa shape index (κ2) is 5.73. The van der Waals surface area contributed by atoms with Crippen LogP contribution in [-0.4, -0.2) is 15.9 Å². The highest BCUT2D eigenvalue weighted by Gasteiger charge is 2.07. The molecule has 0 saturated heterocycles. The Morgan fingerprint density at radius 3 is 2.91 bits per heavy atom. The third-order valence-electron chi connectivity index (χ3n) is 3.22. The summed E-state index contributed by atoms with van der Waals surface area (Å²) in [5.41, 5.74) is 2.61. The van der Waals surface area contributed by atoms with Crippen molar-refractivity contribution in [3.8, 4) is 11.1 Å². The maximum absolute atomic E-state index is 14.1. The average molecular weight is 293 g/mol. The normalized spacial score (nSPS) is 10.4. The van der Waals surface area contributed by atoms with Gasteiger partial charge in [0.15, 0.2) is 0 Å². The Morgan fingerprint density at radius 2 is 2.09 bits per heavy atom. The monoisotopic (exact) mass is 293 g/mol. The zero-order chi connectivity index (χ0) is 15.5. The molecule has 22 heavy (non-hydrogen) atoms. The van der Waals surface area contributed by atoms with Crippen LogP contribution in [0.25, 0.3) is 22.0 Å². The van der Waals surface area contributed by atoms with E-state index in [-0.39, 0.29) is 11.7 Å². The van der Waals surface area contributed by atoms with E-state index in [2.05, 4.69) is 21.9 Å². The van der Waals surface area contributed by atoms with Gasteiger partial charge in [0, 0.05) is 11.9 Å². The third-order valence-corrected chi connectivity index (χ3v) is 3.22. The summed E-state index contributed by atoms with van der Waals surface area (Å²) in [6, 6.07) is 10.4. The molecular weight excluding hydrogens is 281 g/mol. The lowest BCUT2D eigenvalue weighted by Gasteiger charge is -2.07. The van der Waals surface area contributed by atoms with Gasteiger partial charge in [-0.15, -0.1) is 0 Å². The molecule has 5 heteroatoms. The molecule has 1 heterocycles. The first-order chi connectivity index (χ1) is 10.7. The second-order valence-corrected chi connectivity index (χ2v) is 4.69. The highest BCUT2D eigenvalue weighted by molar-refractivity contribution is 5.99. The van der Waals surface area contributed by atoms with E-state index in [0.29, 0.717) is 22.2 Å². The highest BCUT2D eigenvalue weighted by Crippen LogP contribution is 2.27. The summed E-state index contributed by atoms with van der Waals surface area (Å²) in [5, 5.41) is 3.05. The van der Waals surface area contributed by atoms with E-state index in [1.807, 2.05) is 6.07 Å². The molecule has 0 saturated carbocycles. The maximum atomic E-state index is 14.1. The molecule has 0 aliphatic carbocycles. The number of anilines is 1. The predicted octanol–water partition coefficient (Wildman–Crippen LogP) is 3.56. The number of rotatable bonds is 3. The average Bonchev–Trinajstić information content (AvgIpc) is 2.55. The van der Waals surface area contributed by atoms with Gasteiger partial charge in [-0.25, -0.2) is 14.4 Å². The number of carbonyl (C=O) groups excluding carboxylic acids is 1. The van der Waals surface area contributed by atoms with Crippen molar-refractivity contribution in [1.82, 2.24) is 9.97 Å². The molecule has 0 aliphatic heterocycles. The van der Waals surface area contributed by atoms with Gasteiger partial charge in [-0.2, -0.15) is 0 Å². The molecule has 1 aromatic heterocycles. The summed E-state index contributed by atoms with van der Waals surface area (Å²) < 4.78 is 14.1. The number of hydrogen-bond donors (Lipinski definition) is 1. The summed E-state index contributed by atoms with van der Waals surface area (Å²) in [6.07, 6.45) is 4.02. The van der Waals surface area contributed by atoms with Gasteiger partial charge in [0.05, 0.1) is 10.9 Å². The molecule has 0 bridgehead atoms. The van der Waals surface area contributed by atoms with Crippen LogP contribution in [0.2, 0.25) is 0 Å². The van der Waals surface area contributed by atoms with Crippen LogP contribution >= 0.6 is 0 Å². The van der Waals surface area contributed by atoms with Gasteiger partial charge >= 0.3 is 0 Å². The number of nitrogens with one attached hydrogen (secondary N) is 1. The lowest BCUT2D eigenvalue weighted by atomic mass is 10.0. The van der Waals surface area contributed by atoms with Crippen LogP contribution in [0.15, 0.2) is 61.6 Å². The summed E-state index contributed by atoms with van der Waals surface area (Å²) in [7, 11) is 0. The van der Waals surface area contributed by atoms with Crippen LogP contribution in [-0.2, 0) is 4.79 Å². The summed E-state index contributed by atoms with van der Waals surface area (Å²) in [4.78, 5) is 19.3. The van der Waals surface area contributed by atoms with E-state index in [4.69, 9.17) is 0 Å². The van der Waals surface area contributed by atoms with Crippen LogP contribution in [0.5, 0.6) is 0 Å². The summed E-state index contributed by atoms with van der Waals surface area (Å²) in [5.74, 6) is -0.678. The number of hydrogen-bond acceptors (Lipinski definition) is 3. The first kappa shape index (κ1) is 13.9. The smallest absolute Gasteiger partial charge is 0.247 e. The van der Waals surface area contributed by atoms with Gasteiger partial charge in [-0.3, -0.25) is 4.79 Å². The molecule has 1 N–H and O–H groups in total. The number of aromatic nitrogens is 2. The molecule has 0 fully saturated rings. The largest absolute Gasteiger partial charge is 0.323 e. The van der Waals surface area contributed by atoms with Crippen molar-refractivity contribution < 1.29 is 9.18 Å². The van der Waals surface area contributed by atoms with E-state index in [0.717, 1.165) is 5.56 Å². The Bertz CT molecular complexity index is 877. The van der Waals surface area contributed by atoms with Crippen molar-refractivity contribution in [2.45, 2.75) is 0 Å². The molecule has 4 nitrogen and oxygen atoms in total. The minimum absolute atomic E-state index is 0.297. The molecule has 0 aliphatic rings. The fourth-order valence-corrected chi connectivity index (χ4v) is 2.18. The van der Waals surface area contributed by atoms with E-state index in [1.165, 1.54) is 24.7 Å². The quantitative estimate of drug-likeness (QED) is 0.751. The van der Waals surface area contributed by atoms with Crippen molar-refractivity contribution in [3.05, 3.63) is 67.4 Å². The molecule has 0 unspecified atom stereocenters. The van der Waals surface area contributed by atoms with Gasteiger partial charge in [-0.05, 0) is 41.5 Å². The summed E-state index contributed by atoms with van der Waals surface area (Å²) in [6.45, 7) is 3.41. The minimum Gasteiger partial charge on any atom is -0.323 e. The van der Waals surface area contributed by atoms with Crippen LogP contribution in [0.3, 0.4) is 0 Å². The van der Waals surface area contributed by atoms with Gasteiger partial charge < -0.3 is 5.32 Å². The molecule has 3 aromatic rings. The SMILES string of the molecule is C=CC(=O)Nc1cccc(-c2cc(F)c3cncnc3c2)c1. The highest BCUT2D eigenvalue weighted by atomic mass is 19.1. The zero-order valence-electron chi connectivity index (χ0n) is 11.6. The number of nitrogens with zero attached hydrogens (tertiary/aromatic N) is 2. The second-order valence-electron chi connectivity index (χ2n) is 4.69. The topological polar surface area (TPSA) is 54.9 Å². The Morgan fingerprint density at radius 1 is 1.23 bits per heavy atom. The summed E-state index contributed by atoms with van der Waals surface area (Å²) >= 11 is 0. The standard InChI is InChI=1S/C17H12FN3O/c1-2-17(22)21-13-5-3-4-11(6-13)12-7-15(18)14-9-19-10-20-16(14)8-12/h2-10H,1H2,(H,21,22). The third kappa shape index (κ3) is 2.69. The molecule has 108 valence electrons. The molecular formula is C17H12FN3O.